The molecule has 2 aliphatic rings. The number of nitrogen functional groups attached to an aromatic ring is 1. The fourth-order valence-electron chi connectivity index (χ4n) is 3.54. The summed E-state index contributed by atoms with van der Waals surface area (Å²) in [5.74, 6) is 0.457. The molecule has 0 unspecified atom stereocenters. The van der Waals surface area contributed by atoms with Gasteiger partial charge in [-0.15, -0.1) is 0 Å². The molecule has 0 bridgehead atoms. The number of aromatic hydroxyl groups is 1. The van der Waals surface area contributed by atoms with Crippen molar-refractivity contribution in [3.8, 4) is 5.75 Å². The molecule has 2 aromatic rings. The highest BCUT2D eigenvalue weighted by molar-refractivity contribution is 6.32. The number of aromatic nitrogens is 2. The van der Waals surface area contributed by atoms with E-state index in [1.807, 2.05) is 13.0 Å². The average Bonchev–Trinajstić information content (AvgIpc) is 3.48. The molecule has 1 aromatic heterocycles. The molecule has 1 aromatic carbocycles. The highest BCUT2D eigenvalue weighted by Gasteiger charge is 2.30. The summed E-state index contributed by atoms with van der Waals surface area (Å²) in [5, 5.41) is 13.8. The number of aryl methyl sites for hydroxylation is 1. The lowest BCUT2D eigenvalue weighted by Gasteiger charge is -2.31. The molecule has 8 nitrogen and oxygen atoms in total. The van der Waals surface area contributed by atoms with E-state index in [1.165, 1.54) is 6.07 Å². The van der Waals surface area contributed by atoms with Gasteiger partial charge in [0, 0.05) is 36.0 Å². The first-order valence-electron chi connectivity index (χ1n) is 9.71. The third-order valence-corrected chi connectivity index (χ3v) is 5.45. The van der Waals surface area contributed by atoms with Crippen LogP contribution in [0.4, 0.5) is 11.8 Å². The number of carbonyl (C=O) groups excluding carboxylic acids is 1. The van der Waals surface area contributed by atoms with Crippen LogP contribution in [-0.2, 0) is 4.74 Å². The molecule has 1 saturated heterocycles. The van der Waals surface area contributed by atoms with Gasteiger partial charge in [-0.05, 0) is 43.9 Å². The van der Waals surface area contributed by atoms with Crippen LogP contribution in [0.3, 0.4) is 0 Å². The third-order valence-electron chi connectivity index (χ3n) is 5.12. The SMILES string of the molecule is Cc1cc(N2CCCOC[C@@H]2c2cc(O)c(C(=O)NC3CC3)cc2Cl)nc(N)n1. The topological polar surface area (TPSA) is 114 Å². The maximum Gasteiger partial charge on any atom is 0.255 e. The van der Waals surface area contributed by atoms with Gasteiger partial charge in [0.2, 0.25) is 5.95 Å². The Kier molecular flexibility index (Phi) is 5.47. The minimum absolute atomic E-state index is 0.106. The number of carbonyl (C=O) groups is 1. The van der Waals surface area contributed by atoms with Gasteiger partial charge in [-0.3, -0.25) is 4.79 Å². The standard InChI is InChI=1S/C20H24ClN5O3/c1-11-7-18(25-20(22)23-11)26-5-2-6-29-10-16(26)13-9-17(27)14(8-15(13)21)19(28)24-12-3-4-12/h7-9,12,16,27H,2-6,10H2,1H3,(H,24,28)(H2,22,23,25)/t16-/m1/s1. The molecule has 1 amide bonds. The van der Waals surface area contributed by atoms with Gasteiger partial charge >= 0.3 is 0 Å². The molecule has 2 fully saturated rings. The van der Waals surface area contributed by atoms with E-state index >= 15 is 0 Å². The number of benzene rings is 1. The second kappa shape index (κ2) is 8.04. The predicted molar refractivity (Wildman–Crippen MR) is 110 cm³/mol. The fraction of sp³-hybridized carbons (Fsp3) is 0.450. The lowest BCUT2D eigenvalue weighted by molar-refractivity contribution is 0.0948. The Morgan fingerprint density at radius 3 is 2.86 bits per heavy atom. The van der Waals surface area contributed by atoms with Crippen molar-refractivity contribution in [1.82, 2.24) is 15.3 Å². The van der Waals surface area contributed by atoms with Crippen molar-refractivity contribution in [2.24, 2.45) is 0 Å². The molecule has 154 valence electrons. The Hall–Kier alpha value is -2.58. The molecule has 4 rings (SSSR count). The maximum absolute atomic E-state index is 12.4. The lowest BCUT2D eigenvalue weighted by atomic mass is 10.0. The summed E-state index contributed by atoms with van der Waals surface area (Å²) >= 11 is 6.57. The first-order valence-corrected chi connectivity index (χ1v) is 10.1. The number of nitrogens with two attached hydrogens (primary N) is 1. The van der Waals surface area contributed by atoms with Gasteiger partial charge in [0.1, 0.15) is 11.6 Å². The van der Waals surface area contributed by atoms with Crippen LogP contribution in [0.5, 0.6) is 5.75 Å². The number of nitrogens with zero attached hydrogens (tertiary/aromatic N) is 3. The highest BCUT2D eigenvalue weighted by Crippen LogP contribution is 2.36. The average molecular weight is 418 g/mol. The van der Waals surface area contributed by atoms with Crippen LogP contribution >= 0.6 is 11.6 Å². The first kappa shape index (κ1) is 19.7. The van der Waals surface area contributed by atoms with Crippen molar-refractivity contribution >= 4 is 29.3 Å². The smallest absolute Gasteiger partial charge is 0.255 e. The maximum atomic E-state index is 12.4. The van der Waals surface area contributed by atoms with Crippen LogP contribution in [0.1, 0.15) is 46.9 Å². The summed E-state index contributed by atoms with van der Waals surface area (Å²) in [6, 6.07) is 4.84. The lowest BCUT2D eigenvalue weighted by Crippen LogP contribution is -2.32. The van der Waals surface area contributed by atoms with E-state index in [4.69, 9.17) is 22.1 Å². The van der Waals surface area contributed by atoms with Crippen molar-refractivity contribution in [1.29, 1.82) is 0 Å². The van der Waals surface area contributed by atoms with Gasteiger partial charge in [-0.2, -0.15) is 4.98 Å². The number of rotatable bonds is 4. The molecule has 1 aliphatic carbocycles. The fourth-order valence-corrected chi connectivity index (χ4v) is 3.83. The molecular formula is C20H24ClN5O3. The first-order chi connectivity index (χ1) is 13.9. The third kappa shape index (κ3) is 4.38. The minimum Gasteiger partial charge on any atom is -0.507 e. The quantitative estimate of drug-likeness (QED) is 0.700. The van der Waals surface area contributed by atoms with Crippen LogP contribution in [0.15, 0.2) is 18.2 Å². The summed E-state index contributed by atoms with van der Waals surface area (Å²) in [4.78, 5) is 23.0. The van der Waals surface area contributed by atoms with Gasteiger partial charge in [0.15, 0.2) is 0 Å². The minimum atomic E-state index is -0.313. The van der Waals surface area contributed by atoms with Gasteiger partial charge in [0.05, 0.1) is 18.2 Å². The number of nitrogens with one attached hydrogen (secondary N) is 1. The Labute approximate surface area is 174 Å². The van der Waals surface area contributed by atoms with Gasteiger partial charge in [0.25, 0.3) is 5.91 Å². The number of ether oxygens (including phenoxy) is 1. The number of halogens is 1. The zero-order valence-electron chi connectivity index (χ0n) is 16.2. The molecule has 1 aliphatic heterocycles. The number of anilines is 2. The summed E-state index contributed by atoms with van der Waals surface area (Å²) < 4.78 is 5.77. The Morgan fingerprint density at radius 2 is 2.14 bits per heavy atom. The normalized spacial score (nSPS) is 19.7. The van der Waals surface area contributed by atoms with Crippen molar-refractivity contribution < 1.29 is 14.6 Å². The number of hydrogen-bond donors (Lipinski definition) is 3. The number of hydrogen-bond acceptors (Lipinski definition) is 7. The largest absolute Gasteiger partial charge is 0.507 e. The molecule has 1 saturated carbocycles. The molecular weight excluding hydrogens is 394 g/mol. The molecule has 9 heteroatoms. The molecule has 0 spiro atoms. The van der Waals surface area contributed by atoms with Crippen LogP contribution in [0.25, 0.3) is 0 Å². The summed E-state index contributed by atoms with van der Waals surface area (Å²) in [7, 11) is 0. The van der Waals surface area contributed by atoms with Crippen LogP contribution < -0.4 is 16.0 Å². The zero-order valence-corrected chi connectivity index (χ0v) is 16.9. The Bertz CT molecular complexity index is 914. The van der Waals surface area contributed by atoms with Crippen molar-refractivity contribution in [3.05, 3.63) is 40.0 Å². The van der Waals surface area contributed by atoms with E-state index in [-0.39, 0.29) is 35.3 Å². The van der Waals surface area contributed by atoms with Gasteiger partial charge < -0.3 is 25.8 Å². The highest BCUT2D eigenvalue weighted by atomic mass is 35.5. The van der Waals surface area contributed by atoms with E-state index in [0.717, 1.165) is 25.0 Å². The summed E-state index contributed by atoms with van der Waals surface area (Å²) in [6.45, 7) is 3.52. The number of amides is 1. The van der Waals surface area contributed by atoms with Gasteiger partial charge in [-0.25, -0.2) is 4.98 Å². The Morgan fingerprint density at radius 1 is 1.34 bits per heavy atom. The second-order valence-corrected chi connectivity index (χ2v) is 7.91. The van der Waals surface area contributed by atoms with E-state index in [9.17, 15) is 9.90 Å². The molecule has 2 heterocycles. The second-order valence-electron chi connectivity index (χ2n) is 7.50. The van der Waals surface area contributed by atoms with Crippen molar-refractivity contribution in [3.63, 3.8) is 0 Å². The van der Waals surface area contributed by atoms with Crippen molar-refractivity contribution in [2.45, 2.75) is 38.3 Å². The van der Waals surface area contributed by atoms with Crippen LogP contribution in [0, 0.1) is 6.92 Å². The number of phenolic OH excluding ortho intramolecular Hbond substituents is 1. The zero-order chi connectivity index (χ0) is 20.5. The van der Waals surface area contributed by atoms with E-state index in [2.05, 4.69) is 20.2 Å². The van der Waals surface area contributed by atoms with Crippen LogP contribution in [-0.4, -0.2) is 46.8 Å². The molecule has 4 N–H and O–H groups in total. The number of phenols is 1. The summed E-state index contributed by atoms with van der Waals surface area (Å²) in [6.07, 6.45) is 2.74. The Balaban J connectivity index is 1.69. The predicted octanol–water partition coefficient (Wildman–Crippen LogP) is 2.59. The molecule has 29 heavy (non-hydrogen) atoms. The molecule has 0 radical (unpaired) electrons. The van der Waals surface area contributed by atoms with E-state index < -0.39 is 0 Å². The van der Waals surface area contributed by atoms with E-state index in [1.54, 1.807) is 6.07 Å². The van der Waals surface area contributed by atoms with Crippen molar-refractivity contribution in [2.75, 3.05) is 30.4 Å². The van der Waals surface area contributed by atoms with E-state index in [0.29, 0.717) is 36.2 Å². The molecule has 1 atom stereocenters. The van der Waals surface area contributed by atoms with Gasteiger partial charge in [-0.1, -0.05) is 11.6 Å². The summed E-state index contributed by atoms with van der Waals surface area (Å²) in [5.41, 5.74) is 7.46. The van der Waals surface area contributed by atoms with Crippen LogP contribution in [0.2, 0.25) is 5.02 Å². The monoisotopic (exact) mass is 417 g/mol.